The molecule has 2 aromatic carbocycles. The van der Waals surface area contributed by atoms with E-state index in [2.05, 4.69) is 5.32 Å². The van der Waals surface area contributed by atoms with Gasteiger partial charge in [0, 0.05) is 23.9 Å². The van der Waals surface area contributed by atoms with Crippen LogP contribution in [-0.4, -0.2) is 7.11 Å². The van der Waals surface area contributed by atoms with Gasteiger partial charge in [-0.25, -0.2) is 0 Å². The molecule has 0 atom stereocenters. The van der Waals surface area contributed by atoms with Crippen LogP contribution < -0.4 is 10.1 Å². The standard InChI is InChI=1S/C18H15F3N2O/c1-24-17-7-5-13(6-8-17)9-14(11-22)12-23-16-4-2-3-15(10-16)18(19,20)21/h2-8,10,12,23H,9H2,1H3/b14-12+. The van der Waals surface area contributed by atoms with Crippen LogP contribution in [-0.2, 0) is 12.6 Å². The van der Waals surface area contributed by atoms with Crippen LogP contribution >= 0.6 is 0 Å². The van der Waals surface area contributed by atoms with Crippen LogP contribution in [0.3, 0.4) is 0 Å². The fraction of sp³-hybridized carbons (Fsp3) is 0.167. The van der Waals surface area contributed by atoms with Gasteiger partial charge in [-0.3, -0.25) is 0 Å². The topological polar surface area (TPSA) is 45.0 Å². The van der Waals surface area contributed by atoms with Crippen LogP contribution in [0.2, 0.25) is 0 Å². The summed E-state index contributed by atoms with van der Waals surface area (Å²) in [5.74, 6) is 0.711. The molecule has 0 bridgehead atoms. The first kappa shape index (κ1) is 17.4. The van der Waals surface area contributed by atoms with Crippen molar-refractivity contribution in [2.24, 2.45) is 0 Å². The molecule has 0 heterocycles. The Morgan fingerprint density at radius 3 is 2.50 bits per heavy atom. The summed E-state index contributed by atoms with van der Waals surface area (Å²) >= 11 is 0. The molecule has 6 heteroatoms. The lowest BCUT2D eigenvalue weighted by Gasteiger charge is -2.09. The summed E-state index contributed by atoms with van der Waals surface area (Å²) in [4.78, 5) is 0. The summed E-state index contributed by atoms with van der Waals surface area (Å²) in [6.45, 7) is 0. The Bertz CT molecular complexity index is 759. The first-order valence-electron chi connectivity index (χ1n) is 7.08. The lowest BCUT2D eigenvalue weighted by atomic mass is 10.1. The average molecular weight is 332 g/mol. The number of nitriles is 1. The minimum absolute atomic E-state index is 0.271. The molecule has 0 spiro atoms. The number of halogens is 3. The molecule has 0 saturated heterocycles. The number of nitrogens with one attached hydrogen (secondary N) is 1. The van der Waals surface area contributed by atoms with Crippen molar-refractivity contribution in [1.82, 2.24) is 0 Å². The fourth-order valence-corrected chi connectivity index (χ4v) is 2.04. The van der Waals surface area contributed by atoms with Crippen molar-refractivity contribution in [3.8, 4) is 11.8 Å². The van der Waals surface area contributed by atoms with Crippen molar-refractivity contribution in [3.05, 3.63) is 71.4 Å². The highest BCUT2D eigenvalue weighted by atomic mass is 19.4. The van der Waals surface area contributed by atoms with Crippen molar-refractivity contribution in [1.29, 1.82) is 5.26 Å². The van der Waals surface area contributed by atoms with Gasteiger partial charge in [-0.1, -0.05) is 18.2 Å². The molecule has 0 radical (unpaired) electrons. The monoisotopic (exact) mass is 332 g/mol. The average Bonchev–Trinajstić information content (AvgIpc) is 2.58. The predicted molar refractivity (Wildman–Crippen MR) is 85.5 cm³/mol. The highest BCUT2D eigenvalue weighted by molar-refractivity contribution is 5.50. The molecule has 0 aliphatic rings. The maximum absolute atomic E-state index is 12.7. The first-order valence-corrected chi connectivity index (χ1v) is 7.08. The number of benzene rings is 2. The van der Waals surface area contributed by atoms with Crippen LogP contribution in [0.15, 0.2) is 60.3 Å². The summed E-state index contributed by atoms with van der Waals surface area (Å²) < 4.78 is 43.1. The van der Waals surface area contributed by atoms with Crippen LogP contribution in [0, 0.1) is 11.3 Å². The number of hydrogen-bond donors (Lipinski definition) is 1. The molecule has 1 N–H and O–H groups in total. The molecule has 2 aromatic rings. The third kappa shape index (κ3) is 4.78. The van der Waals surface area contributed by atoms with E-state index in [-0.39, 0.29) is 5.69 Å². The number of alkyl halides is 3. The van der Waals surface area contributed by atoms with Crippen LogP contribution in [0.4, 0.5) is 18.9 Å². The second kappa shape index (κ2) is 7.55. The summed E-state index contributed by atoms with van der Waals surface area (Å²) in [7, 11) is 1.56. The van der Waals surface area contributed by atoms with Crippen LogP contribution in [0.5, 0.6) is 5.75 Å². The van der Waals surface area contributed by atoms with E-state index in [1.807, 2.05) is 18.2 Å². The van der Waals surface area contributed by atoms with E-state index in [0.717, 1.165) is 17.7 Å². The Morgan fingerprint density at radius 2 is 1.92 bits per heavy atom. The molecule has 2 rings (SSSR count). The largest absolute Gasteiger partial charge is 0.497 e. The Balaban J connectivity index is 2.09. The number of rotatable bonds is 5. The smallest absolute Gasteiger partial charge is 0.416 e. The fourth-order valence-electron chi connectivity index (χ4n) is 2.04. The van der Waals surface area contributed by atoms with Gasteiger partial charge in [0.1, 0.15) is 5.75 Å². The van der Waals surface area contributed by atoms with Crippen LogP contribution in [0.1, 0.15) is 11.1 Å². The van der Waals surface area contributed by atoms with Gasteiger partial charge in [0.05, 0.1) is 18.7 Å². The highest BCUT2D eigenvalue weighted by Gasteiger charge is 2.30. The molecule has 0 aliphatic heterocycles. The number of nitrogens with zero attached hydrogens (tertiary/aromatic N) is 1. The van der Waals surface area contributed by atoms with Gasteiger partial charge in [0.2, 0.25) is 0 Å². The van der Waals surface area contributed by atoms with Gasteiger partial charge in [-0.15, -0.1) is 0 Å². The van der Waals surface area contributed by atoms with Gasteiger partial charge in [-0.05, 0) is 35.9 Å². The second-order valence-corrected chi connectivity index (χ2v) is 5.03. The normalized spacial score (nSPS) is 11.7. The van der Waals surface area contributed by atoms with E-state index in [1.165, 1.54) is 18.3 Å². The van der Waals surface area contributed by atoms with Gasteiger partial charge in [-0.2, -0.15) is 18.4 Å². The Kier molecular flexibility index (Phi) is 5.48. The molecular weight excluding hydrogens is 317 g/mol. The summed E-state index contributed by atoms with van der Waals surface area (Å²) in [6, 6.07) is 14.1. The van der Waals surface area contributed by atoms with Crippen molar-refractivity contribution in [3.63, 3.8) is 0 Å². The van der Waals surface area contributed by atoms with Gasteiger partial charge in [0.15, 0.2) is 0 Å². The van der Waals surface area contributed by atoms with E-state index in [1.54, 1.807) is 19.2 Å². The van der Waals surface area contributed by atoms with Crippen molar-refractivity contribution >= 4 is 5.69 Å². The lowest BCUT2D eigenvalue weighted by molar-refractivity contribution is -0.137. The van der Waals surface area contributed by atoms with E-state index < -0.39 is 11.7 Å². The van der Waals surface area contributed by atoms with E-state index in [0.29, 0.717) is 17.7 Å². The lowest BCUT2D eigenvalue weighted by Crippen LogP contribution is -2.05. The molecule has 0 aromatic heterocycles. The minimum Gasteiger partial charge on any atom is -0.497 e. The number of hydrogen-bond acceptors (Lipinski definition) is 3. The van der Waals surface area contributed by atoms with Gasteiger partial charge in [0.25, 0.3) is 0 Å². The molecule has 124 valence electrons. The Morgan fingerprint density at radius 1 is 1.21 bits per heavy atom. The molecule has 3 nitrogen and oxygen atoms in total. The zero-order valence-corrected chi connectivity index (χ0v) is 12.9. The third-order valence-electron chi connectivity index (χ3n) is 3.30. The maximum Gasteiger partial charge on any atom is 0.416 e. The number of ether oxygens (including phenoxy) is 1. The Labute approximate surface area is 138 Å². The Hall–Kier alpha value is -2.94. The second-order valence-electron chi connectivity index (χ2n) is 5.03. The summed E-state index contributed by atoms with van der Waals surface area (Å²) in [5.41, 5.74) is 0.828. The zero-order chi connectivity index (χ0) is 17.6. The SMILES string of the molecule is COc1ccc(C/C(C#N)=C\Nc2cccc(C(F)(F)F)c2)cc1. The van der Waals surface area contributed by atoms with E-state index in [9.17, 15) is 18.4 Å². The molecule has 0 aliphatic carbocycles. The van der Waals surface area contributed by atoms with Crippen LogP contribution in [0.25, 0.3) is 0 Å². The maximum atomic E-state index is 12.7. The number of anilines is 1. The van der Waals surface area contributed by atoms with Crippen molar-refractivity contribution in [2.75, 3.05) is 12.4 Å². The van der Waals surface area contributed by atoms with Gasteiger partial charge >= 0.3 is 6.18 Å². The van der Waals surface area contributed by atoms with Gasteiger partial charge < -0.3 is 10.1 Å². The highest BCUT2D eigenvalue weighted by Crippen LogP contribution is 2.30. The van der Waals surface area contributed by atoms with E-state index >= 15 is 0 Å². The molecule has 0 saturated carbocycles. The predicted octanol–water partition coefficient (Wildman–Crippen LogP) is 4.78. The quantitative estimate of drug-likeness (QED) is 0.802. The number of allylic oxidation sites excluding steroid dienone is 1. The minimum atomic E-state index is -4.40. The molecule has 0 unspecified atom stereocenters. The number of methoxy groups -OCH3 is 1. The first-order chi connectivity index (χ1) is 11.4. The molecular formula is C18H15F3N2O. The van der Waals surface area contributed by atoms with Crippen molar-refractivity contribution < 1.29 is 17.9 Å². The third-order valence-corrected chi connectivity index (χ3v) is 3.30. The summed E-state index contributed by atoms with van der Waals surface area (Å²) in [6.07, 6.45) is -2.62. The molecule has 0 fully saturated rings. The molecule has 24 heavy (non-hydrogen) atoms. The van der Waals surface area contributed by atoms with Crippen molar-refractivity contribution in [2.45, 2.75) is 12.6 Å². The van der Waals surface area contributed by atoms with E-state index in [4.69, 9.17) is 4.74 Å². The summed E-state index contributed by atoms with van der Waals surface area (Å²) in [5, 5.41) is 11.9. The molecule has 0 amide bonds. The zero-order valence-electron chi connectivity index (χ0n) is 12.9.